The van der Waals surface area contributed by atoms with Crippen LogP contribution >= 0.6 is 0 Å². The molecule has 0 saturated heterocycles. The molecule has 0 unspecified atom stereocenters. The number of nitrogens with one attached hydrogen (secondary N) is 2. The third-order valence-corrected chi connectivity index (χ3v) is 4.54. The van der Waals surface area contributed by atoms with E-state index in [1.807, 2.05) is 50.2 Å². The van der Waals surface area contributed by atoms with Crippen LogP contribution in [-0.2, 0) is 6.54 Å². The summed E-state index contributed by atoms with van der Waals surface area (Å²) >= 11 is 0. The highest BCUT2D eigenvalue weighted by atomic mass is 19.1. The fourth-order valence-electron chi connectivity index (χ4n) is 2.90. The molecule has 3 aromatic carbocycles. The number of amides is 1. The Morgan fingerprint density at radius 3 is 2.46 bits per heavy atom. The molecule has 0 aliphatic carbocycles. The standard InChI is InChI=1S/C23H22F2N2O/c1-15-6-8-18(9-7-15)23(28)27-20-5-3-4-17(12-20)14-26-16(2)21-11-10-19(24)13-22(21)25/h3-13,16,26H,14H2,1-2H3,(H,27,28)/t16-/m0/s1. The normalized spacial score (nSPS) is 11.9. The van der Waals surface area contributed by atoms with E-state index in [9.17, 15) is 13.6 Å². The first-order valence-corrected chi connectivity index (χ1v) is 9.07. The van der Waals surface area contributed by atoms with Crippen molar-refractivity contribution < 1.29 is 13.6 Å². The average molecular weight is 380 g/mol. The molecule has 0 bridgehead atoms. The molecule has 1 amide bonds. The van der Waals surface area contributed by atoms with Crippen LogP contribution in [-0.4, -0.2) is 5.91 Å². The maximum Gasteiger partial charge on any atom is 0.255 e. The molecule has 3 aromatic rings. The minimum absolute atomic E-state index is 0.174. The first-order valence-electron chi connectivity index (χ1n) is 9.07. The van der Waals surface area contributed by atoms with Gasteiger partial charge in [-0.2, -0.15) is 0 Å². The number of carbonyl (C=O) groups excluding carboxylic acids is 1. The lowest BCUT2D eigenvalue weighted by atomic mass is 10.1. The molecule has 0 fully saturated rings. The lowest BCUT2D eigenvalue weighted by molar-refractivity contribution is 0.102. The molecule has 0 heterocycles. The van der Waals surface area contributed by atoms with Crippen LogP contribution in [0.4, 0.5) is 14.5 Å². The number of aryl methyl sites for hydroxylation is 1. The summed E-state index contributed by atoms with van der Waals surface area (Å²) in [6, 6.07) is 18.1. The monoisotopic (exact) mass is 380 g/mol. The molecule has 0 aromatic heterocycles. The first kappa shape index (κ1) is 19.7. The second-order valence-corrected chi connectivity index (χ2v) is 6.79. The van der Waals surface area contributed by atoms with Gasteiger partial charge in [-0.25, -0.2) is 8.78 Å². The zero-order valence-electron chi connectivity index (χ0n) is 15.8. The van der Waals surface area contributed by atoms with Crippen LogP contribution in [0.1, 0.15) is 40.0 Å². The topological polar surface area (TPSA) is 41.1 Å². The van der Waals surface area contributed by atoms with Crippen molar-refractivity contribution in [2.45, 2.75) is 26.4 Å². The molecule has 0 saturated carbocycles. The van der Waals surface area contributed by atoms with E-state index in [2.05, 4.69) is 10.6 Å². The fourth-order valence-corrected chi connectivity index (χ4v) is 2.90. The summed E-state index contributed by atoms with van der Waals surface area (Å²) in [5.41, 5.74) is 3.72. The molecule has 0 aliphatic rings. The maximum absolute atomic E-state index is 13.9. The van der Waals surface area contributed by atoms with Crippen LogP contribution in [0, 0.1) is 18.6 Å². The number of benzene rings is 3. The van der Waals surface area contributed by atoms with Gasteiger partial charge in [0.05, 0.1) is 0 Å². The van der Waals surface area contributed by atoms with Crippen LogP contribution in [0.5, 0.6) is 0 Å². The molecule has 5 heteroatoms. The quantitative estimate of drug-likeness (QED) is 0.603. The SMILES string of the molecule is Cc1ccc(C(=O)Nc2cccc(CN[C@@H](C)c3ccc(F)cc3F)c2)cc1. The number of halogens is 2. The van der Waals surface area contributed by atoms with E-state index in [1.165, 1.54) is 12.1 Å². The molecular weight excluding hydrogens is 358 g/mol. The van der Waals surface area contributed by atoms with Crippen molar-refractivity contribution in [2.24, 2.45) is 0 Å². The minimum Gasteiger partial charge on any atom is -0.322 e. The molecule has 3 nitrogen and oxygen atoms in total. The molecule has 0 aliphatic heterocycles. The Morgan fingerprint density at radius 1 is 1.00 bits per heavy atom. The van der Waals surface area contributed by atoms with Gasteiger partial charge in [-0.1, -0.05) is 35.9 Å². The van der Waals surface area contributed by atoms with Gasteiger partial charge in [-0.15, -0.1) is 0 Å². The van der Waals surface area contributed by atoms with E-state index in [0.29, 0.717) is 23.4 Å². The number of carbonyl (C=O) groups is 1. The van der Waals surface area contributed by atoms with Crippen molar-refractivity contribution in [3.05, 3.63) is 101 Å². The molecule has 28 heavy (non-hydrogen) atoms. The van der Waals surface area contributed by atoms with Gasteiger partial charge >= 0.3 is 0 Å². The third kappa shape index (κ3) is 5.02. The predicted octanol–water partition coefficient (Wildman–Crippen LogP) is 5.38. The van der Waals surface area contributed by atoms with Crippen molar-refractivity contribution in [3.63, 3.8) is 0 Å². The van der Waals surface area contributed by atoms with Gasteiger partial charge in [0.2, 0.25) is 0 Å². The van der Waals surface area contributed by atoms with Crippen LogP contribution in [0.15, 0.2) is 66.7 Å². The summed E-state index contributed by atoms with van der Waals surface area (Å²) in [7, 11) is 0. The first-order chi connectivity index (χ1) is 13.4. The van der Waals surface area contributed by atoms with Crippen molar-refractivity contribution in [2.75, 3.05) is 5.32 Å². The Morgan fingerprint density at radius 2 is 1.75 bits per heavy atom. The number of hydrogen-bond donors (Lipinski definition) is 2. The summed E-state index contributed by atoms with van der Waals surface area (Å²) < 4.78 is 27.0. The van der Waals surface area contributed by atoms with Gasteiger partial charge in [-0.05, 0) is 49.7 Å². The average Bonchev–Trinajstić information content (AvgIpc) is 2.67. The Labute approximate surface area is 163 Å². The van der Waals surface area contributed by atoms with Crippen LogP contribution in [0.3, 0.4) is 0 Å². The van der Waals surface area contributed by atoms with Gasteiger partial charge in [0.15, 0.2) is 0 Å². The summed E-state index contributed by atoms with van der Waals surface area (Å²) in [4.78, 5) is 12.4. The van der Waals surface area contributed by atoms with E-state index in [1.54, 1.807) is 12.1 Å². The number of hydrogen-bond acceptors (Lipinski definition) is 2. The fraction of sp³-hybridized carbons (Fsp3) is 0.174. The third-order valence-electron chi connectivity index (χ3n) is 4.54. The van der Waals surface area contributed by atoms with Gasteiger partial charge in [0.1, 0.15) is 11.6 Å². The smallest absolute Gasteiger partial charge is 0.255 e. The Hall–Kier alpha value is -3.05. The van der Waals surface area contributed by atoms with Crippen molar-refractivity contribution in [3.8, 4) is 0 Å². The Bertz CT molecular complexity index is 971. The molecule has 1 atom stereocenters. The Balaban J connectivity index is 1.63. The minimum atomic E-state index is -0.592. The second-order valence-electron chi connectivity index (χ2n) is 6.79. The maximum atomic E-state index is 13.9. The zero-order chi connectivity index (χ0) is 20.1. The molecule has 2 N–H and O–H groups in total. The van der Waals surface area contributed by atoms with E-state index in [0.717, 1.165) is 17.2 Å². The highest BCUT2D eigenvalue weighted by molar-refractivity contribution is 6.04. The van der Waals surface area contributed by atoms with Gasteiger partial charge in [0.25, 0.3) is 5.91 Å². The Kier molecular flexibility index (Phi) is 6.16. The lowest BCUT2D eigenvalue weighted by Gasteiger charge is -2.16. The summed E-state index contributed by atoms with van der Waals surface area (Å²) in [5, 5.41) is 6.10. The van der Waals surface area contributed by atoms with Gasteiger partial charge < -0.3 is 10.6 Å². The highest BCUT2D eigenvalue weighted by Gasteiger charge is 2.12. The summed E-state index contributed by atoms with van der Waals surface area (Å²) in [5.74, 6) is -1.34. The summed E-state index contributed by atoms with van der Waals surface area (Å²) in [6.07, 6.45) is 0. The van der Waals surface area contributed by atoms with Crippen LogP contribution in [0.2, 0.25) is 0 Å². The number of anilines is 1. The molecule has 0 radical (unpaired) electrons. The molecule has 3 rings (SSSR count). The van der Waals surface area contributed by atoms with E-state index >= 15 is 0 Å². The predicted molar refractivity (Wildman–Crippen MR) is 107 cm³/mol. The van der Waals surface area contributed by atoms with Crippen LogP contribution in [0.25, 0.3) is 0 Å². The van der Waals surface area contributed by atoms with E-state index < -0.39 is 11.6 Å². The van der Waals surface area contributed by atoms with Gasteiger partial charge in [-0.3, -0.25) is 4.79 Å². The molecular formula is C23H22F2N2O. The zero-order valence-corrected chi connectivity index (χ0v) is 15.8. The van der Waals surface area contributed by atoms with E-state index in [4.69, 9.17) is 0 Å². The summed E-state index contributed by atoms with van der Waals surface area (Å²) in [6.45, 7) is 4.27. The van der Waals surface area contributed by atoms with Crippen LogP contribution < -0.4 is 10.6 Å². The molecule has 0 spiro atoms. The van der Waals surface area contributed by atoms with Gasteiger partial charge in [0, 0.05) is 35.5 Å². The number of rotatable bonds is 6. The molecule has 144 valence electrons. The largest absolute Gasteiger partial charge is 0.322 e. The van der Waals surface area contributed by atoms with E-state index in [-0.39, 0.29) is 11.9 Å². The van der Waals surface area contributed by atoms with Crippen molar-refractivity contribution in [1.82, 2.24) is 5.32 Å². The van der Waals surface area contributed by atoms with Crippen molar-refractivity contribution >= 4 is 11.6 Å². The highest BCUT2D eigenvalue weighted by Crippen LogP contribution is 2.19. The van der Waals surface area contributed by atoms with Crippen molar-refractivity contribution in [1.29, 1.82) is 0 Å². The second kappa shape index (κ2) is 8.76. The lowest BCUT2D eigenvalue weighted by Crippen LogP contribution is -2.19.